The van der Waals surface area contributed by atoms with Crippen molar-refractivity contribution >= 4 is 17.3 Å². The number of para-hydroxylation sites is 1. The lowest BCUT2D eigenvalue weighted by atomic mass is 10.2. The summed E-state index contributed by atoms with van der Waals surface area (Å²) in [6.45, 7) is 0.124. The van der Waals surface area contributed by atoms with Gasteiger partial charge in [0.2, 0.25) is 0 Å². The molecule has 136 valence electrons. The Balaban J connectivity index is 1.83. The fraction of sp³-hybridized carbons (Fsp3) is 0.0952. The maximum absolute atomic E-state index is 12.8. The first kappa shape index (κ1) is 18.1. The fourth-order valence-electron chi connectivity index (χ4n) is 2.60. The number of nitro benzene ring substituents is 1. The minimum atomic E-state index is -0.477. The molecule has 0 unspecified atom stereocenters. The Labute approximate surface area is 156 Å². The van der Waals surface area contributed by atoms with Gasteiger partial charge in [0.15, 0.2) is 6.61 Å². The molecule has 0 atom stereocenters. The monoisotopic (exact) mass is 362 g/mol. The third kappa shape index (κ3) is 4.92. The number of nitro groups is 1. The number of benzene rings is 3. The van der Waals surface area contributed by atoms with E-state index in [1.165, 1.54) is 17.0 Å². The van der Waals surface area contributed by atoms with Crippen molar-refractivity contribution in [3.63, 3.8) is 0 Å². The lowest BCUT2D eigenvalue weighted by molar-refractivity contribution is -0.384. The third-order valence-corrected chi connectivity index (χ3v) is 3.94. The molecule has 27 heavy (non-hydrogen) atoms. The number of non-ortho nitro benzene ring substituents is 1. The van der Waals surface area contributed by atoms with Crippen molar-refractivity contribution in [2.24, 2.45) is 0 Å². The summed E-state index contributed by atoms with van der Waals surface area (Å²) in [7, 11) is 0. The van der Waals surface area contributed by atoms with E-state index in [1.807, 2.05) is 48.5 Å². The van der Waals surface area contributed by atoms with Crippen LogP contribution in [0.25, 0.3) is 0 Å². The first-order valence-electron chi connectivity index (χ1n) is 8.40. The molecule has 0 aliphatic rings. The Hall–Kier alpha value is -3.67. The quantitative estimate of drug-likeness (QED) is 0.466. The molecule has 0 spiro atoms. The molecule has 0 aliphatic heterocycles. The second kappa shape index (κ2) is 8.62. The van der Waals surface area contributed by atoms with E-state index in [-0.39, 0.29) is 18.2 Å². The van der Waals surface area contributed by atoms with E-state index in [2.05, 4.69) is 0 Å². The number of nitrogens with zero attached hydrogens (tertiary/aromatic N) is 2. The second-order valence-electron chi connectivity index (χ2n) is 5.84. The highest BCUT2D eigenvalue weighted by Gasteiger charge is 2.19. The van der Waals surface area contributed by atoms with Crippen LogP contribution in [0, 0.1) is 10.1 Å². The van der Waals surface area contributed by atoms with Crippen LogP contribution in [0.5, 0.6) is 5.75 Å². The predicted molar refractivity (Wildman–Crippen MR) is 103 cm³/mol. The van der Waals surface area contributed by atoms with Gasteiger partial charge >= 0.3 is 0 Å². The molecule has 6 heteroatoms. The first-order valence-corrected chi connectivity index (χ1v) is 8.40. The van der Waals surface area contributed by atoms with Gasteiger partial charge in [0.05, 0.1) is 17.2 Å². The predicted octanol–water partition coefficient (Wildman–Crippen LogP) is 4.21. The highest BCUT2D eigenvalue weighted by molar-refractivity contribution is 5.94. The van der Waals surface area contributed by atoms with E-state index in [9.17, 15) is 14.9 Å². The van der Waals surface area contributed by atoms with Gasteiger partial charge in [0, 0.05) is 12.1 Å². The van der Waals surface area contributed by atoms with Gasteiger partial charge in [-0.2, -0.15) is 0 Å². The van der Waals surface area contributed by atoms with Crippen LogP contribution in [0.15, 0.2) is 84.9 Å². The zero-order valence-electron chi connectivity index (χ0n) is 14.5. The minimum absolute atomic E-state index is 0.0673. The highest BCUT2D eigenvalue weighted by Crippen LogP contribution is 2.23. The molecule has 0 bridgehead atoms. The Morgan fingerprint density at radius 2 is 1.59 bits per heavy atom. The summed E-state index contributed by atoms with van der Waals surface area (Å²) in [4.78, 5) is 24.9. The van der Waals surface area contributed by atoms with Gasteiger partial charge in [-0.05, 0) is 23.8 Å². The Morgan fingerprint density at radius 1 is 0.926 bits per heavy atom. The minimum Gasteiger partial charge on any atom is -0.484 e. The number of anilines is 1. The molecule has 1 amide bonds. The second-order valence-corrected chi connectivity index (χ2v) is 5.84. The van der Waals surface area contributed by atoms with Crippen LogP contribution in [-0.4, -0.2) is 17.4 Å². The zero-order chi connectivity index (χ0) is 19.1. The molecule has 3 aromatic carbocycles. The maximum atomic E-state index is 12.8. The van der Waals surface area contributed by atoms with Gasteiger partial charge in [0.25, 0.3) is 11.6 Å². The number of rotatable bonds is 7. The van der Waals surface area contributed by atoms with E-state index in [0.717, 1.165) is 5.56 Å². The van der Waals surface area contributed by atoms with Gasteiger partial charge < -0.3 is 9.64 Å². The topological polar surface area (TPSA) is 72.7 Å². The molecule has 0 fully saturated rings. The number of carbonyl (C=O) groups excluding carboxylic acids is 1. The van der Waals surface area contributed by atoms with E-state index >= 15 is 0 Å². The van der Waals surface area contributed by atoms with Gasteiger partial charge in [-0.15, -0.1) is 0 Å². The Bertz CT molecular complexity index is 914. The maximum Gasteiger partial charge on any atom is 0.271 e. The van der Waals surface area contributed by atoms with Crippen LogP contribution in [0.3, 0.4) is 0 Å². The summed E-state index contributed by atoms with van der Waals surface area (Å²) >= 11 is 0. The van der Waals surface area contributed by atoms with Crippen LogP contribution in [0.4, 0.5) is 11.4 Å². The molecular formula is C21H18N2O4. The number of amides is 1. The smallest absolute Gasteiger partial charge is 0.271 e. The Morgan fingerprint density at radius 3 is 2.26 bits per heavy atom. The van der Waals surface area contributed by atoms with Crippen molar-refractivity contribution in [1.82, 2.24) is 0 Å². The molecule has 0 saturated carbocycles. The molecular weight excluding hydrogens is 344 g/mol. The molecule has 0 saturated heterocycles. The molecule has 3 rings (SSSR count). The van der Waals surface area contributed by atoms with Crippen LogP contribution in [-0.2, 0) is 11.3 Å². The zero-order valence-corrected chi connectivity index (χ0v) is 14.5. The lowest BCUT2D eigenvalue weighted by Crippen LogP contribution is -2.34. The number of hydrogen-bond acceptors (Lipinski definition) is 4. The van der Waals surface area contributed by atoms with Crippen molar-refractivity contribution in [3.05, 3.63) is 101 Å². The summed E-state index contributed by atoms with van der Waals surface area (Å²) in [5.41, 5.74) is 1.30. The van der Waals surface area contributed by atoms with Crippen molar-refractivity contribution in [3.8, 4) is 5.75 Å². The molecule has 6 nitrogen and oxygen atoms in total. The van der Waals surface area contributed by atoms with Gasteiger partial charge in [-0.1, -0.05) is 54.6 Å². The van der Waals surface area contributed by atoms with Gasteiger partial charge in [-0.3, -0.25) is 14.9 Å². The summed E-state index contributed by atoms with van der Waals surface area (Å²) < 4.78 is 5.56. The van der Waals surface area contributed by atoms with Crippen LogP contribution >= 0.6 is 0 Å². The molecule has 3 aromatic rings. The lowest BCUT2D eigenvalue weighted by Gasteiger charge is -2.23. The molecule has 0 radical (unpaired) electrons. The van der Waals surface area contributed by atoms with Crippen molar-refractivity contribution in [1.29, 1.82) is 0 Å². The summed E-state index contributed by atoms with van der Waals surface area (Å²) in [6.07, 6.45) is 0. The van der Waals surface area contributed by atoms with E-state index in [1.54, 1.807) is 24.3 Å². The molecule has 0 N–H and O–H groups in total. The third-order valence-electron chi connectivity index (χ3n) is 3.94. The fourth-order valence-corrected chi connectivity index (χ4v) is 2.60. The number of carbonyl (C=O) groups is 1. The summed E-state index contributed by atoms with van der Waals surface area (Å²) in [5.74, 6) is 0.299. The number of ether oxygens (including phenoxy) is 1. The van der Waals surface area contributed by atoms with Gasteiger partial charge in [0.1, 0.15) is 5.75 Å². The normalized spacial score (nSPS) is 10.2. The Kier molecular flexibility index (Phi) is 5.79. The van der Waals surface area contributed by atoms with E-state index in [4.69, 9.17) is 4.74 Å². The van der Waals surface area contributed by atoms with E-state index < -0.39 is 4.92 Å². The van der Waals surface area contributed by atoms with Crippen molar-refractivity contribution in [2.45, 2.75) is 6.54 Å². The van der Waals surface area contributed by atoms with Crippen molar-refractivity contribution < 1.29 is 14.5 Å². The standard InChI is InChI=1S/C21H18N2O4/c24-21(16-27-20-12-5-2-6-13-20)22(15-17-8-3-1-4-9-17)18-10-7-11-19(14-18)23(25)26/h1-14H,15-16H2. The van der Waals surface area contributed by atoms with Crippen LogP contribution in [0.1, 0.15) is 5.56 Å². The van der Waals surface area contributed by atoms with Crippen LogP contribution < -0.4 is 9.64 Å². The van der Waals surface area contributed by atoms with E-state index in [0.29, 0.717) is 18.0 Å². The number of hydrogen-bond donors (Lipinski definition) is 0. The van der Waals surface area contributed by atoms with Crippen molar-refractivity contribution in [2.75, 3.05) is 11.5 Å². The highest BCUT2D eigenvalue weighted by atomic mass is 16.6. The summed E-state index contributed by atoms with van der Waals surface area (Å²) in [5, 5.41) is 11.1. The average molecular weight is 362 g/mol. The molecule has 0 aromatic heterocycles. The van der Waals surface area contributed by atoms with Gasteiger partial charge in [-0.25, -0.2) is 0 Å². The average Bonchev–Trinajstić information content (AvgIpc) is 2.72. The SMILES string of the molecule is O=C(COc1ccccc1)N(Cc1ccccc1)c1cccc([N+](=O)[O-])c1. The molecule has 0 aliphatic carbocycles. The molecule has 0 heterocycles. The first-order chi connectivity index (χ1) is 13.1. The van der Waals surface area contributed by atoms with Crippen LogP contribution in [0.2, 0.25) is 0 Å². The largest absolute Gasteiger partial charge is 0.484 e. The summed E-state index contributed by atoms with van der Waals surface area (Å²) in [6, 6.07) is 24.5.